The Bertz CT molecular complexity index is 962. The number of para-hydroxylation sites is 1. The molecule has 1 atom stereocenters. The molecule has 2 aromatic carbocycles. The average molecular weight is 376 g/mol. The molecule has 1 aliphatic heterocycles. The van der Waals surface area contributed by atoms with E-state index in [4.69, 9.17) is 0 Å². The van der Waals surface area contributed by atoms with Gasteiger partial charge in [0.2, 0.25) is 5.91 Å². The van der Waals surface area contributed by atoms with Crippen molar-refractivity contribution in [3.8, 4) is 11.1 Å². The highest BCUT2D eigenvalue weighted by Crippen LogP contribution is 2.35. The van der Waals surface area contributed by atoms with Crippen LogP contribution in [0.15, 0.2) is 60.8 Å². The van der Waals surface area contributed by atoms with Gasteiger partial charge in [0.1, 0.15) is 6.17 Å². The molecule has 0 aliphatic carbocycles. The molecule has 4 rings (SSSR count). The summed E-state index contributed by atoms with van der Waals surface area (Å²) in [5.74, 6) is 0.149. The van der Waals surface area contributed by atoms with Gasteiger partial charge in [-0.1, -0.05) is 49.4 Å². The van der Waals surface area contributed by atoms with Gasteiger partial charge in [0, 0.05) is 36.7 Å². The summed E-state index contributed by atoms with van der Waals surface area (Å²) in [5, 5.41) is 1.10. The molecule has 0 saturated carbocycles. The van der Waals surface area contributed by atoms with Gasteiger partial charge < -0.3 is 4.90 Å². The Hall–Kier alpha value is -2.75. The van der Waals surface area contributed by atoms with Gasteiger partial charge >= 0.3 is 0 Å². The first-order chi connectivity index (χ1) is 13.7. The summed E-state index contributed by atoms with van der Waals surface area (Å²) < 4.78 is 15.1. The van der Waals surface area contributed by atoms with E-state index in [1.54, 1.807) is 0 Å². The molecule has 0 bridgehead atoms. The smallest absolute Gasteiger partial charge is 0.222 e. The number of piperidine rings is 1. The van der Waals surface area contributed by atoms with Gasteiger partial charge in [-0.2, -0.15) is 0 Å². The van der Waals surface area contributed by atoms with Crippen molar-refractivity contribution >= 4 is 16.8 Å². The van der Waals surface area contributed by atoms with E-state index in [9.17, 15) is 4.79 Å². The third kappa shape index (κ3) is 3.77. The van der Waals surface area contributed by atoms with E-state index >= 15 is 4.39 Å². The first-order valence-electron chi connectivity index (χ1n) is 10.0. The van der Waals surface area contributed by atoms with Gasteiger partial charge in [0.05, 0.1) is 5.52 Å². The van der Waals surface area contributed by atoms with Crippen LogP contribution in [0, 0.1) is 5.92 Å². The monoisotopic (exact) mass is 376 g/mol. The summed E-state index contributed by atoms with van der Waals surface area (Å²) in [6, 6.07) is 17.9. The summed E-state index contributed by atoms with van der Waals surface area (Å²) in [4.78, 5) is 18.2. The van der Waals surface area contributed by atoms with Crippen LogP contribution in [0.4, 0.5) is 4.39 Å². The first kappa shape index (κ1) is 18.6. The number of pyridine rings is 1. The minimum absolute atomic E-state index is 0.0194. The van der Waals surface area contributed by atoms with Crippen LogP contribution in [0.5, 0.6) is 0 Å². The number of hydrogen-bond donors (Lipinski definition) is 0. The molecule has 3 nitrogen and oxygen atoms in total. The lowest BCUT2D eigenvalue weighted by Gasteiger charge is -2.33. The third-order valence-corrected chi connectivity index (χ3v) is 5.76. The molecule has 1 unspecified atom stereocenters. The number of benzene rings is 2. The highest BCUT2D eigenvalue weighted by Gasteiger charge is 2.28. The molecule has 144 valence electrons. The van der Waals surface area contributed by atoms with E-state index in [0.717, 1.165) is 40.4 Å². The molecule has 1 fully saturated rings. The Balaban J connectivity index is 1.46. The number of amides is 1. The van der Waals surface area contributed by atoms with Crippen LogP contribution in [0.3, 0.4) is 0 Å². The highest BCUT2D eigenvalue weighted by atomic mass is 19.1. The highest BCUT2D eigenvalue weighted by molar-refractivity contribution is 5.83. The third-order valence-electron chi connectivity index (χ3n) is 5.76. The van der Waals surface area contributed by atoms with E-state index in [0.29, 0.717) is 19.5 Å². The Labute approximate surface area is 165 Å². The van der Waals surface area contributed by atoms with Crippen molar-refractivity contribution in [2.75, 3.05) is 13.1 Å². The molecule has 0 N–H and O–H groups in total. The summed E-state index contributed by atoms with van der Waals surface area (Å²) in [6.45, 7) is 3.20. The van der Waals surface area contributed by atoms with Gasteiger partial charge in [-0.3, -0.25) is 9.78 Å². The Morgan fingerprint density at radius 3 is 2.54 bits per heavy atom. The number of carbonyl (C=O) groups excluding carboxylic acids is 1. The number of alkyl halides is 1. The van der Waals surface area contributed by atoms with Crippen LogP contribution in [0.25, 0.3) is 22.0 Å². The Morgan fingerprint density at radius 2 is 1.82 bits per heavy atom. The maximum absolute atomic E-state index is 15.1. The zero-order valence-electron chi connectivity index (χ0n) is 16.1. The van der Waals surface area contributed by atoms with Gasteiger partial charge in [-0.05, 0) is 42.0 Å². The van der Waals surface area contributed by atoms with Crippen molar-refractivity contribution < 1.29 is 9.18 Å². The standard InChI is InChI=1S/C24H25FN2O/c1-2-23(28)27-13-11-19(12-14-27)24(25)18-9-7-17(8-10-18)21-15-20-5-3-4-6-22(20)26-16-21/h3-10,15-16,19,24H,2,11-14H2,1H3. The van der Waals surface area contributed by atoms with E-state index in [1.165, 1.54) is 0 Å². The zero-order chi connectivity index (χ0) is 19.5. The molecule has 1 aliphatic rings. The minimum Gasteiger partial charge on any atom is -0.343 e. The van der Waals surface area contributed by atoms with E-state index in [1.807, 2.05) is 66.6 Å². The molecule has 1 saturated heterocycles. The summed E-state index contributed by atoms with van der Waals surface area (Å²) in [5.41, 5.74) is 3.77. The second kappa shape index (κ2) is 8.09. The Kier molecular flexibility index (Phi) is 5.38. The summed E-state index contributed by atoms with van der Waals surface area (Å²) in [6.07, 6.45) is 2.86. The second-order valence-corrected chi connectivity index (χ2v) is 7.51. The fourth-order valence-electron chi connectivity index (χ4n) is 4.03. The van der Waals surface area contributed by atoms with E-state index in [-0.39, 0.29) is 11.8 Å². The van der Waals surface area contributed by atoms with Crippen molar-refractivity contribution in [2.24, 2.45) is 5.92 Å². The van der Waals surface area contributed by atoms with Crippen molar-refractivity contribution in [1.29, 1.82) is 0 Å². The molecule has 4 heteroatoms. The number of hydrogen-bond acceptors (Lipinski definition) is 2. The van der Waals surface area contributed by atoms with Crippen molar-refractivity contribution in [3.63, 3.8) is 0 Å². The topological polar surface area (TPSA) is 33.2 Å². The molecule has 2 heterocycles. The van der Waals surface area contributed by atoms with Crippen LogP contribution < -0.4 is 0 Å². The van der Waals surface area contributed by atoms with Gasteiger partial charge in [-0.15, -0.1) is 0 Å². The van der Waals surface area contributed by atoms with Crippen LogP contribution in [0.1, 0.15) is 37.9 Å². The van der Waals surface area contributed by atoms with E-state index < -0.39 is 6.17 Å². The lowest BCUT2D eigenvalue weighted by molar-refractivity contribution is -0.132. The maximum Gasteiger partial charge on any atom is 0.222 e. The number of likely N-dealkylation sites (tertiary alicyclic amines) is 1. The van der Waals surface area contributed by atoms with Crippen molar-refractivity contribution in [1.82, 2.24) is 9.88 Å². The lowest BCUT2D eigenvalue weighted by atomic mass is 9.88. The molecule has 3 aromatic rings. The number of aromatic nitrogens is 1. The molecular formula is C24H25FN2O. The molecule has 0 radical (unpaired) electrons. The molecule has 1 aromatic heterocycles. The van der Waals surface area contributed by atoms with Crippen LogP contribution >= 0.6 is 0 Å². The largest absolute Gasteiger partial charge is 0.343 e. The molecular weight excluding hydrogens is 351 g/mol. The average Bonchev–Trinajstić information content (AvgIpc) is 2.78. The van der Waals surface area contributed by atoms with Crippen LogP contribution in [0.2, 0.25) is 0 Å². The first-order valence-corrected chi connectivity index (χ1v) is 10.0. The van der Waals surface area contributed by atoms with Crippen LogP contribution in [-0.2, 0) is 4.79 Å². The summed E-state index contributed by atoms with van der Waals surface area (Å²) >= 11 is 0. The van der Waals surface area contributed by atoms with E-state index in [2.05, 4.69) is 11.1 Å². The maximum atomic E-state index is 15.1. The fourth-order valence-corrected chi connectivity index (χ4v) is 4.03. The summed E-state index contributed by atoms with van der Waals surface area (Å²) in [7, 11) is 0. The predicted octanol–water partition coefficient (Wildman–Crippen LogP) is 5.56. The SMILES string of the molecule is CCC(=O)N1CCC(C(F)c2ccc(-c3cnc4ccccc4c3)cc2)CC1. The van der Waals surface area contributed by atoms with Crippen LogP contribution in [-0.4, -0.2) is 28.9 Å². The molecule has 28 heavy (non-hydrogen) atoms. The number of nitrogens with zero attached hydrogens (tertiary/aromatic N) is 2. The number of fused-ring (bicyclic) bond motifs is 1. The quantitative estimate of drug-likeness (QED) is 0.597. The van der Waals surface area contributed by atoms with Crippen molar-refractivity contribution in [3.05, 3.63) is 66.4 Å². The van der Waals surface area contributed by atoms with Gasteiger partial charge in [-0.25, -0.2) is 4.39 Å². The predicted molar refractivity (Wildman–Crippen MR) is 111 cm³/mol. The number of halogens is 1. The zero-order valence-corrected chi connectivity index (χ0v) is 16.1. The fraction of sp³-hybridized carbons (Fsp3) is 0.333. The Morgan fingerprint density at radius 1 is 1.11 bits per heavy atom. The molecule has 0 spiro atoms. The van der Waals surface area contributed by atoms with Crippen molar-refractivity contribution in [2.45, 2.75) is 32.4 Å². The minimum atomic E-state index is -0.984. The lowest BCUT2D eigenvalue weighted by Crippen LogP contribution is -2.38. The van der Waals surface area contributed by atoms with Gasteiger partial charge in [0.15, 0.2) is 0 Å². The number of rotatable bonds is 4. The number of carbonyl (C=O) groups is 1. The molecule has 1 amide bonds. The normalized spacial score (nSPS) is 16.3. The van der Waals surface area contributed by atoms with Gasteiger partial charge in [0.25, 0.3) is 0 Å². The second-order valence-electron chi connectivity index (χ2n) is 7.51.